The van der Waals surface area contributed by atoms with Gasteiger partial charge in [-0.1, -0.05) is 55.5 Å². The monoisotopic (exact) mass is 291 g/mol. The van der Waals surface area contributed by atoms with Gasteiger partial charge in [0.05, 0.1) is 0 Å². The topological polar surface area (TPSA) is 75.1 Å². The first-order chi connectivity index (χ1) is 9.56. The van der Waals surface area contributed by atoms with E-state index in [-0.39, 0.29) is 5.92 Å². The highest BCUT2D eigenvalue weighted by atomic mass is 32.1. The van der Waals surface area contributed by atoms with E-state index in [2.05, 4.69) is 15.5 Å². The molecule has 0 aliphatic carbocycles. The molecule has 0 spiro atoms. The van der Waals surface area contributed by atoms with E-state index in [9.17, 15) is 4.79 Å². The minimum atomic E-state index is -0.875. The summed E-state index contributed by atoms with van der Waals surface area (Å²) in [6.45, 7) is 3.72. The second kappa shape index (κ2) is 6.47. The fourth-order valence-corrected chi connectivity index (χ4v) is 2.61. The zero-order valence-corrected chi connectivity index (χ0v) is 12.2. The van der Waals surface area contributed by atoms with E-state index >= 15 is 0 Å². The molecule has 0 saturated carbocycles. The fourth-order valence-electron chi connectivity index (χ4n) is 1.80. The number of carboxylic acids is 1. The summed E-state index contributed by atoms with van der Waals surface area (Å²) < 4.78 is 0. The number of aliphatic carboxylic acids is 1. The van der Waals surface area contributed by atoms with Gasteiger partial charge in [-0.25, -0.2) is 4.79 Å². The summed E-state index contributed by atoms with van der Waals surface area (Å²) in [5.74, 6) is -0.895. The van der Waals surface area contributed by atoms with Crippen molar-refractivity contribution in [2.24, 2.45) is 5.92 Å². The summed E-state index contributed by atoms with van der Waals surface area (Å²) >= 11 is 1.39. The number of carboxylic acid groups (broad SMARTS) is 1. The SMILES string of the molecule is CC(C)[C@H](Nc1nnc(Cc2ccccc2)s1)C(=O)O. The molecule has 0 unspecified atom stereocenters. The number of nitrogens with one attached hydrogen (secondary N) is 1. The van der Waals surface area contributed by atoms with Crippen LogP contribution in [0.5, 0.6) is 0 Å². The van der Waals surface area contributed by atoms with Crippen LogP contribution >= 0.6 is 11.3 Å². The van der Waals surface area contributed by atoms with Crippen molar-refractivity contribution < 1.29 is 9.90 Å². The Hall–Kier alpha value is -1.95. The normalized spacial score (nSPS) is 12.3. The highest BCUT2D eigenvalue weighted by Gasteiger charge is 2.22. The number of anilines is 1. The summed E-state index contributed by atoms with van der Waals surface area (Å²) in [5, 5.41) is 21.6. The van der Waals surface area contributed by atoms with E-state index in [1.54, 1.807) is 0 Å². The average Bonchev–Trinajstić information content (AvgIpc) is 2.84. The molecule has 0 fully saturated rings. The summed E-state index contributed by atoms with van der Waals surface area (Å²) in [6, 6.07) is 9.35. The van der Waals surface area contributed by atoms with Crippen molar-refractivity contribution in [1.82, 2.24) is 10.2 Å². The molecule has 2 rings (SSSR count). The van der Waals surface area contributed by atoms with Crippen LogP contribution in [0.1, 0.15) is 24.4 Å². The first-order valence-electron chi connectivity index (χ1n) is 6.42. The Bertz CT molecular complexity index is 569. The van der Waals surface area contributed by atoms with Gasteiger partial charge in [0.1, 0.15) is 11.0 Å². The van der Waals surface area contributed by atoms with Gasteiger partial charge in [-0.2, -0.15) is 0 Å². The smallest absolute Gasteiger partial charge is 0.326 e. The number of nitrogens with zero attached hydrogens (tertiary/aromatic N) is 2. The van der Waals surface area contributed by atoms with Crippen molar-refractivity contribution in [3.63, 3.8) is 0 Å². The number of aromatic nitrogens is 2. The molecule has 2 aromatic rings. The van der Waals surface area contributed by atoms with Crippen LogP contribution in [0.3, 0.4) is 0 Å². The molecule has 1 aromatic heterocycles. The Labute approximate surface area is 121 Å². The summed E-state index contributed by atoms with van der Waals surface area (Å²) in [7, 11) is 0. The first kappa shape index (κ1) is 14.5. The van der Waals surface area contributed by atoms with Gasteiger partial charge in [0.2, 0.25) is 5.13 Å². The van der Waals surface area contributed by atoms with Gasteiger partial charge in [-0.3, -0.25) is 0 Å². The van der Waals surface area contributed by atoms with Crippen molar-refractivity contribution in [2.75, 3.05) is 5.32 Å². The van der Waals surface area contributed by atoms with Gasteiger partial charge in [-0.05, 0) is 11.5 Å². The molecule has 2 N–H and O–H groups in total. The first-order valence-corrected chi connectivity index (χ1v) is 7.23. The molecular formula is C14H17N3O2S. The summed E-state index contributed by atoms with van der Waals surface area (Å²) in [5.41, 5.74) is 1.16. The third kappa shape index (κ3) is 3.77. The van der Waals surface area contributed by atoms with Crippen LogP contribution in [-0.4, -0.2) is 27.3 Å². The van der Waals surface area contributed by atoms with Crippen molar-refractivity contribution in [1.29, 1.82) is 0 Å². The molecule has 1 heterocycles. The number of carbonyl (C=O) groups is 1. The van der Waals surface area contributed by atoms with E-state index in [1.807, 2.05) is 44.2 Å². The fraction of sp³-hybridized carbons (Fsp3) is 0.357. The summed E-state index contributed by atoms with van der Waals surface area (Å²) in [4.78, 5) is 11.1. The molecule has 0 saturated heterocycles. The maximum atomic E-state index is 11.1. The maximum absolute atomic E-state index is 11.1. The largest absolute Gasteiger partial charge is 0.480 e. The lowest BCUT2D eigenvalue weighted by atomic mass is 10.1. The zero-order valence-electron chi connectivity index (χ0n) is 11.4. The third-order valence-electron chi connectivity index (χ3n) is 2.88. The van der Waals surface area contributed by atoms with Crippen molar-refractivity contribution >= 4 is 22.4 Å². The van der Waals surface area contributed by atoms with E-state index in [0.717, 1.165) is 10.6 Å². The van der Waals surface area contributed by atoms with Crippen LogP contribution in [0, 0.1) is 5.92 Å². The highest BCUT2D eigenvalue weighted by molar-refractivity contribution is 7.15. The van der Waals surface area contributed by atoms with Crippen LogP contribution < -0.4 is 5.32 Å². The predicted molar refractivity (Wildman–Crippen MR) is 79.0 cm³/mol. The lowest BCUT2D eigenvalue weighted by Crippen LogP contribution is -2.34. The van der Waals surface area contributed by atoms with Gasteiger partial charge in [-0.15, -0.1) is 10.2 Å². The van der Waals surface area contributed by atoms with Gasteiger partial charge < -0.3 is 10.4 Å². The van der Waals surface area contributed by atoms with E-state index in [1.165, 1.54) is 11.3 Å². The maximum Gasteiger partial charge on any atom is 0.326 e. The van der Waals surface area contributed by atoms with Gasteiger partial charge in [0.25, 0.3) is 0 Å². The molecule has 20 heavy (non-hydrogen) atoms. The Morgan fingerprint density at radius 2 is 2.00 bits per heavy atom. The van der Waals surface area contributed by atoms with Gasteiger partial charge >= 0.3 is 5.97 Å². The average molecular weight is 291 g/mol. The predicted octanol–water partition coefficient (Wildman–Crippen LogP) is 2.65. The third-order valence-corrected chi connectivity index (χ3v) is 3.73. The Morgan fingerprint density at radius 3 is 2.60 bits per heavy atom. The standard InChI is InChI=1S/C14H17N3O2S/c1-9(2)12(13(18)19)15-14-17-16-11(20-14)8-10-6-4-3-5-7-10/h3-7,9,12H,8H2,1-2H3,(H,15,17)(H,18,19)/t12-/m0/s1. The Balaban J connectivity index is 2.03. The van der Waals surface area contributed by atoms with Crippen molar-refractivity contribution in [3.05, 3.63) is 40.9 Å². The minimum Gasteiger partial charge on any atom is -0.480 e. The highest BCUT2D eigenvalue weighted by Crippen LogP contribution is 2.20. The van der Waals surface area contributed by atoms with Crippen molar-refractivity contribution in [3.8, 4) is 0 Å². The van der Waals surface area contributed by atoms with Crippen LogP contribution in [0.15, 0.2) is 30.3 Å². The van der Waals surface area contributed by atoms with Crippen LogP contribution in [-0.2, 0) is 11.2 Å². The lowest BCUT2D eigenvalue weighted by Gasteiger charge is -2.16. The molecule has 0 aliphatic heterocycles. The van der Waals surface area contributed by atoms with Crippen LogP contribution in [0.2, 0.25) is 0 Å². The molecule has 0 amide bonds. The molecule has 0 radical (unpaired) electrons. The minimum absolute atomic E-state index is 0.0195. The zero-order chi connectivity index (χ0) is 14.5. The molecule has 1 aromatic carbocycles. The lowest BCUT2D eigenvalue weighted by molar-refractivity contribution is -0.138. The molecule has 5 nitrogen and oxygen atoms in total. The van der Waals surface area contributed by atoms with Crippen LogP contribution in [0.25, 0.3) is 0 Å². The van der Waals surface area contributed by atoms with E-state index in [0.29, 0.717) is 11.6 Å². The van der Waals surface area contributed by atoms with Crippen LogP contribution in [0.4, 0.5) is 5.13 Å². The number of benzene rings is 1. The van der Waals surface area contributed by atoms with E-state index < -0.39 is 12.0 Å². The molecule has 1 atom stereocenters. The Morgan fingerprint density at radius 1 is 1.30 bits per heavy atom. The van der Waals surface area contributed by atoms with Crippen molar-refractivity contribution in [2.45, 2.75) is 26.3 Å². The molecule has 106 valence electrons. The molecule has 6 heteroatoms. The molecule has 0 bridgehead atoms. The second-order valence-electron chi connectivity index (χ2n) is 4.87. The number of rotatable bonds is 6. The summed E-state index contributed by atoms with van der Waals surface area (Å²) in [6.07, 6.45) is 0.708. The molecular weight excluding hydrogens is 274 g/mol. The number of hydrogen-bond donors (Lipinski definition) is 2. The van der Waals surface area contributed by atoms with Gasteiger partial charge in [0.15, 0.2) is 0 Å². The van der Waals surface area contributed by atoms with E-state index in [4.69, 9.17) is 5.11 Å². The second-order valence-corrected chi connectivity index (χ2v) is 5.93. The van der Waals surface area contributed by atoms with Gasteiger partial charge in [0, 0.05) is 6.42 Å². The Kier molecular flexibility index (Phi) is 4.68. The molecule has 0 aliphatic rings. The quantitative estimate of drug-likeness (QED) is 0.855. The number of hydrogen-bond acceptors (Lipinski definition) is 5.